The fourth-order valence-corrected chi connectivity index (χ4v) is 3.85. The summed E-state index contributed by atoms with van der Waals surface area (Å²) in [7, 11) is 0. The lowest BCUT2D eigenvalue weighted by molar-refractivity contribution is -0.124. The molecule has 2 N–H and O–H groups in total. The molecule has 1 aliphatic rings. The van der Waals surface area contributed by atoms with Crippen molar-refractivity contribution in [3.8, 4) is 11.3 Å². The molecule has 11 nitrogen and oxygen atoms in total. The van der Waals surface area contributed by atoms with E-state index in [4.69, 9.17) is 10.5 Å². The van der Waals surface area contributed by atoms with Gasteiger partial charge in [-0.25, -0.2) is 24.5 Å². The average Bonchev–Trinajstić information content (AvgIpc) is 3.21. The minimum atomic E-state index is -0.968. The highest BCUT2D eigenvalue weighted by Crippen LogP contribution is 2.31. The molecule has 0 aromatic carbocycles. The van der Waals surface area contributed by atoms with Crippen molar-refractivity contribution in [2.24, 2.45) is 0 Å². The van der Waals surface area contributed by atoms with Crippen molar-refractivity contribution in [1.82, 2.24) is 29.3 Å². The zero-order valence-corrected chi connectivity index (χ0v) is 19.9. The van der Waals surface area contributed by atoms with Crippen molar-refractivity contribution < 1.29 is 19.1 Å². The standard InChI is InChI=1S/C21H22BrN7O4/c1-21(2,3)33-20(32)29-17(30)11-28(19(29)31)7-6-27-10-13(14-4-5-24-18(23)26-14)12-8-16(22)25-9-15(12)27/h4-5,8-10H,6-7,11H2,1-3H3,(H2,23,24,26). The smallest absolute Gasteiger partial charge is 0.425 e. The van der Waals surface area contributed by atoms with Crippen LogP contribution < -0.4 is 5.73 Å². The maximum atomic E-state index is 12.7. The van der Waals surface area contributed by atoms with Gasteiger partial charge in [0.2, 0.25) is 5.95 Å². The molecule has 0 saturated carbocycles. The van der Waals surface area contributed by atoms with E-state index < -0.39 is 23.6 Å². The number of carbonyl (C=O) groups excluding carboxylic acids is 3. The normalized spacial score (nSPS) is 14.4. The molecule has 172 valence electrons. The number of aromatic nitrogens is 4. The van der Waals surface area contributed by atoms with Crippen LogP contribution in [0.1, 0.15) is 20.8 Å². The number of halogens is 1. The molecule has 3 aromatic heterocycles. The number of fused-ring (bicyclic) bond motifs is 1. The number of anilines is 1. The molecule has 4 rings (SSSR count). The monoisotopic (exact) mass is 515 g/mol. The summed E-state index contributed by atoms with van der Waals surface area (Å²) in [6.45, 7) is 5.37. The van der Waals surface area contributed by atoms with E-state index in [1.165, 1.54) is 4.90 Å². The summed E-state index contributed by atoms with van der Waals surface area (Å²) in [4.78, 5) is 51.7. The van der Waals surface area contributed by atoms with E-state index in [2.05, 4.69) is 30.9 Å². The first-order chi connectivity index (χ1) is 15.5. The summed E-state index contributed by atoms with van der Waals surface area (Å²) in [6.07, 6.45) is 4.20. The third-order valence-corrected chi connectivity index (χ3v) is 5.34. The van der Waals surface area contributed by atoms with Crippen molar-refractivity contribution in [2.75, 3.05) is 18.8 Å². The van der Waals surface area contributed by atoms with Gasteiger partial charge in [-0.2, -0.15) is 4.90 Å². The molecule has 4 heterocycles. The number of nitrogen functional groups attached to an aromatic ring is 1. The van der Waals surface area contributed by atoms with Gasteiger partial charge in [0.1, 0.15) is 16.7 Å². The van der Waals surface area contributed by atoms with E-state index in [1.807, 2.05) is 16.8 Å². The molecule has 1 aliphatic heterocycles. The number of nitrogens with two attached hydrogens (primary N) is 1. The zero-order chi connectivity index (χ0) is 23.9. The van der Waals surface area contributed by atoms with Gasteiger partial charge in [-0.1, -0.05) is 0 Å². The van der Waals surface area contributed by atoms with Crippen molar-refractivity contribution >= 4 is 50.8 Å². The number of imide groups is 3. The Morgan fingerprint density at radius 1 is 1.24 bits per heavy atom. The highest BCUT2D eigenvalue weighted by molar-refractivity contribution is 9.10. The lowest BCUT2D eigenvalue weighted by Crippen LogP contribution is -2.42. The largest absolute Gasteiger partial charge is 0.443 e. The highest BCUT2D eigenvalue weighted by Gasteiger charge is 2.42. The third kappa shape index (κ3) is 4.65. The van der Waals surface area contributed by atoms with E-state index >= 15 is 0 Å². The van der Waals surface area contributed by atoms with Crippen LogP contribution in [0.25, 0.3) is 22.2 Å². The molecule has 0 bridgehead atoms. The fraction of sp³-hybridized carbons (Fsp3) is 0.333. The Morgan fingerprint density at radius 3 is 2.70 bits per heavy atom. The van der Waals surface area contributed by atoms with Gasteiger partial charge in [-0.3, -0.25) is 4.79 Å². The Bertz CT molecular complexity index is 1270. The number of ether oxygens (including phenoxy) is 1. The Balaban J connectivity index is 1.57. The molecule has 12 heteroatoms. The fourth-order valence-electron chi connectivity index (χ4n) is 3.52. The first-order valence-electron chi connectivity index (χ1n) is 10.1. The third-order valence-electron chi connectivity index (χ3n) is 4.91. The summed E-state index contributed by atoms with van der Waals surface area (Å²) < 4.78 is 7.75. The maximum absolute atomic E-state index is 12.7. The van der Waals surface area contributed by atoms with Gasteiger partial charge >= 0.3 is 12.1 Å². The molecule has 0 radical (unpaired) electrons. The second-order valence-electron chi connectivity index (χ2n) is 8.47. The Labute approximate surface area is 197 Å². The predicted octanol–water partition coefficient (Wildman–Crippen LogP) is 3.04. The molecular formula is C21H22BrN7O4. The van der Waals surface area contributed by atoms with E-state index in [0.29, 0.717) is 21.7 Å². The average molecular weight is 516 g/mol. The molecule has 0 atom stereocenters. The number of rotatable bonds is 4. The quantitative estimate of drug-likeness (QED) is 0.413. The van der Waals surface area contributed by atoms with Crippen LogP contribution in [0.2, 0.25) is 0 Å². The summed E-state index contributed by atoms with van der Waals surface area (Å²) >= 11 is 3.39. The van der Waals surface area contributed by atoms with Crippen molar-refractivity contribution in [3.63, 3.8) is 0 Å². The summed E-state index contributed by atoms with van der Waals surface area (Å²) in [6, 6.07) is 2.93. The summed E-state index contributed by atoms with van der Waals surface area (Å²) in [5.74, 6) is -0.459. The van der Waals surface area contributed by atoms with Crippen LogP contribution in [-0.4, -0.2) is 66.0 Å². The lowest BCUT2D eigenvalue weighted by Gasteiger charge is -2.22. The van der Waals surface area contributed by atoms with Crippen LogP contribution in [0.3, 0.4) is 0 Å². The molecule has 33 heavy (non-hydrogen) atoms. The first kappa shape index (κ1) is 22.6. The van der Waals surface area contributed by atoms with Crippen molar-refractivity contribution in [1.29, 1.82) is 0 Å². The summed E-state index contributed by atoms with van der Waals surface area (Å²) in [5, 5.41) is 0.884. The van der Waals surface area contributed by atoms with Gasteiger partial charge in [0.05, 0.1) is 17.4 Å². The molecule has 0 spiro atoms. The number of urea groups is 1. The Kier molecular flexibility index (Phi) is 5.78. The first-order valence-corrected chi connectivity index (χ1v) is 10.9. The number of carbonyl (C=O) groups is 3. The van der Waals surface area contributed by atoms with Gasteiger partial charge in [0.15, 0.2) is 0 Å². The topological polar surface area (TPSA) is 137 Å². The second kappa shape index (κ2) is 8.43. The molecule has 4 amide bonds. The SMILES string of the molecule is CC(C)(C)OC(=O)N1C(=O)CN(CCn2cc(-c3ccnc(N)n3)c3cc(Br)ncc32)C1=O. The molecular weight excluding hydrogens is 494 g/mol. The van der Waals surface area contributed by atoms with E-state index in [0.717, 1.165) is 16.5 Å². The molecule has 0 aliphatic carbocycles. The number of pyridine rings is 1. The summed E-state index contributed by atoms with van der Waals surface area (Å²) in [5.41, 5.74) is 7.21. The van der Waals surface area contributed by atoms with Crippen LogP contribution >= 0.6 is 15.9 Å². The van der Waals surface area contributed by atoms with E-state index in [-0.39, 0.29) is 19.0 Å². The number of amides is 4. The molecule has 1 saturated heterocycles. The maximum Gasteiger partial charge on any atom is 0.425 e. The molecule has 0 unspecified atom stereocenters. The minimum Gasteiger partial charge on any atom is -0.443 e. The van der Waals surface area contributed by atoms with Crippen LogP contribution in [0.5, 0.6) is 0 Å². The van der Waals surface area contributed by atoms with Crippen LogP contribution in [-0.2, 0) is 16.1 Å². The second-order valence-corrected chi connectivity index (χ2v) is 9.29. The van der Waals surface area contributed by atoms with Crippen LogP contribution in [0.15, 0.2) is 35.3 Å². The van der Waals surface area contributed by atoms with Crippen LogP contribution in [0.4, 0.5) is 15.5 Å². The number of nitrogens with zero attached hydrogens (tertiary/aromatic N) is 6. The number of hydrogen-bond donors (Lipinski definition) is 1. The van der Waals surface area contributed by atoms with Crippen molar-refractivity contribution in [3.05, 3.63) is 35.3 Å². The minimum absolute atomic E-state index is 0.157. The molecule has 1 fully saturated rings. The predicted molar refractivity (Wildman–Crippen MR) is 123 cm³/mol. The zero-order valence-electron chi connectivity index (χ0n) is 18.3. The van der Waals surface area contributed by atoms with Gasteiger partial charge in [-0.05, 0) is 48.8 Å². The highest BCUT2D eigenvalue weighted by atomic mass is 79.9. The van der Waals surface area contributed by atoms with Gasteiger partial charge in [-0.15, -0.1) is 0 Å². The van der Waals surface area contributed by atoms with E-state index in [9.17, 15) is 14.4 Å². The Hall–Kier alpha value is -3.54. The number of hydrogen-bond acceptors (Lipinski definition) is 8. The molecule has 3 aromatic rings. The van der Waals surface area contributed by atoms with Gasteiger partial charge in [0, 0.05) is 36.4 Å². The van der Waals surface area contributed by atoms with Gasteiger partial charge in [0.25, 0.3) is 5.91 Å². The Morgan fingerprint density at radius 2 is 2.00 bits per heavy atom. The van der Waals surface area contributed by atoms with Gasteiger partial charge < -0.3 is 19.9 Å². The van der Waals surface area contributed by atoms with Crippen molar-refractivity contribution in [2.45, 2.75) is 32.9 Å². The van der Waals surface area contributed by atoms with Crippen LogP contribution in [0, 0.1) is 0 Å². The lowest BCUT2D eigenvalue weighted by atomic mass is 10.1. The van der Waals surface area contributed by atoms with E-state index in [1.54, 1.807) is 39.2 Å².